The van der Waals surface area contributed by atoms with E-state index < -0.39 is 0 Å². The molecule has 7 rings (SSSR count). The van der Waals surface area contributed by atoms with Crippen molar-refractivity contribution in [2.24, 2.45) is 13.0 Å². The maximum absolute atomic E-state index is 5.45. The highest BCUT2D eigenvalue weighted by atomic mass is 16.3. The van der Waals surface area contributed by atoms with Gasteiger partial charge in [0.25, 0.3) is 0 Å². The minimum absolute atomic E-state index is 0.566. The van der Waals surface area contributed by atoms with Crippen LogP contribution in [0.1, 0.15) is 30.2 Å². The first-order valence-corrected chi connectivity index (χ1v) is 11.7. The maximum Gasteiger partial charge on any atom is 0.117 e. The standard InChI is InChI=1S/C27H30N4O/c1-30-27(15-26(29-30)22-9-8-19-5-2-3-6-20(19)13-22)25-18-31-11-10-21(25)14-23(31)16-28-17-24-7-4-12-32-24/h2-9,12-13,15,21,23,25,28H,10-11,14,16-18H2,1H3. The number of nitrogens with one attached hydrogen (secondary N) is 1. The Balaban J connectivity index is 1.17. The number of rotatable bonds is 6. The van der Waals surface area contributed by atoms with E-state index >= 15 is 0 Å². The van der Waals surface area contributed by atoms with E-state index in [1.165, 1.54) is 41.4 Å². The zero-order valence-corrected chi connectivity index (χ0v) is 18.6. The Bertz CT molecular complexity index is 1210. The molecule has 4 atom stereocenters. The van der Waals surface area contributed by atoms with Crippen molar-refractivity contribution in [3.8, 4) is 11.3 Å². The van der Waals surface area contributed by atoms with Gasteiger partial charge in [-0.15, -0.1) is 0 Å². The van der Waals surface area contributed by atoms with Crippen LogP contribution in [0.2, 0.25) is 0 Å². The van der Waals surface area contributed by atoms with E-state index in [1.807, 2.05) is 12.1 Å². The first-order chi connectivity index (χ1) is 15.7. The van der Waals surface area contributed by atoms with Gasteiger partial charge in [0, 0.05) is 43.4 Å². The molecule has 1 N–H and O–H groups in total. The molecule has 2 aromatic carbocycles. The van der Waals surface area contributed by atoms with E-state index in [-0.39, 0.29) is 0 Å². The largest absolute Gasteiger partial charge is 0.468 e. The average Bonchev–Trinajstić information content (AvgIpc) is 3.49. The first kappa shape index (κ1) is 19.8. The van der Waals surface area contributed by atoms with Crippen LogP contribution in [0.5, 0.6) is 0 Å². The molecule has 0 radical (unpaired) electrons. The van der Waals surface area contributed by atoms with Gasteiger partial charge >= 0.3 is 0 Å². The van der Waals surface area contributed by atoms with Gasteiger partial charge in [-0.25, -0.2) is 0 Å². The predicted octanol–water partition coefficient (Wildman–Crippen LogP) is 4.80. The number of nitrogens with zero attached hydrogens (tertiary/aromatic N) is 3. The van der Waals surface area contributed by atoms with Crippen molar-refractivity contribution >= 4 is 10.8 Å². The number of aromatic nitrogens is 2. The summed E-state index contributed by atoms with van der Waals surface area (Å²) in [5.74, 6) is 2.31. The number of benzene rings is 2. The van der Waals surface area contributed by atoms with Crippen LogP contribution in [-0.4, -0.2) is 40.4 Å². The minimum atomic E-state index is 0.566. The lowest BCUT2D eigenvalue weighted by Gasteiger charge is -2.50. The third kappa shape index (κ3) is 3.65. The molecule has 164 valence electrons. The first-order valence-electron chi connectivity index (χ1n) is 11.7. The molecule has 5 heteroatoms. The highest BCUT2D eigenvalue weighted by Crippen LogP contribution is 2.42. The van der Waals surface area contributed by atoms with Gasteiger partial charge in [0.05, 0.1) is 18.5 Å². The van der Waals surface area contributed by atoms with Crippen LogP contribution in [0, 0.1) is 5.92 Å². The smallest absolute Gasteiger partial charge is 0.117 e. The third-order valence-electron chi connectivity index (χ3n) is 7.48. The Labute approximate surface area is 189 Å². The van der Waals surface area contributed by atoms with Crippen molar-refractivity contribution in [3.05, 3.63) is 78.4 Å². The van der Waals surface area contributed by atoms with E-state index in [9.17, 15) is 0 Å². The van der Waals surface area contributed by atoms with Crippen LogP contribution in [0.15, 0.2) is 71.3 Å². The highest BCUT2D eigenvalue weighted by Gasteiger charge is 2.41. The van der Waals surface area contributed by atoms with Crippen molar-refractivity contribution in [3.63, 3.8) is 0 Å². The van der Waals surface area contributed by atoms with E-state index in [0.29, 0.717) is 12.0 Å². The second-order valence-electron chi connectivity index (χ2n) is 9.39. The molecule has 32 heavy (non-hydrogen) atoms. The fraction of sp³-hybridized carbons (Fsp3) is 0.370. The van der Waals surface area contributed by atoms with Crippen molar-refractivity contribution < 1.29 is 4.42 Å². The zero-order valence-electron chi connectivity index (χ0n) is 18.6. The monoisotopic (exact) mass is 426 g/mol. The average molecular weight is 427 g/mol. The molecule has 2 aromatic heterocycles. The minimum Gasteiger partial charge on any atom is -0.468 e. The highest BCUT2D eigenvalue weighted by molar-refractivity contribution is 5.86. The molecule has 3 fully saturated rings. The van der Waals surface area contributed by atoms with Gasteiger partial charge in [-0.1, -0.05) is 36.4 Å². The summed E-state index contributed by atoms with van der Waals surface area (Å²) in [6.07, 6.45) is 4.29. The number of fused-ring (bicyclic) bond motifs is 4. The van der Waals surface area contributed by atoms with Crippen LogP contribution in [-0.2, 0) is 13.6 Å². The lowest BCUT2D eigenvalue weighted by molar-refractivity contribution is 0.0280. The van der Waals surface area contributed by atoms with Crippen molar-refractivity contribution in [2.45, 2.75) is 31.3 Å². The second kappa shape index (κ2) is 8.23. The topological polar surface area (TPSA) is 46.2 Å². The quantitative estimate of drug-likeness (QED) is 0.481. The molecule has 3 aliphatic heterocycles. The summed E-state index contributed by atoms with van der Waals surface area (Å²) in [5, 5.41) is 11.1. The number of hydrogen-bond acceptors (Lipinski definition) is 4. The van der Waals surface area contributed by atoms with Crippen LogP contribution < -0.4 is 5.32 Å². The summed E-state index contributed by atoms with van der Waals surface area (Å²) in [5.41, 5.74) is 3.66. The van der Waals surface area contributed by atoms with Crippen LogP contribution >= 0.6 is 0 Å². The normalized spacial score (nSPS) is 24.9. The summed E-state index contributed by atoms with van der Waals surface area (Å²) in [4.78, 5) is 2.68. The van der Waals surface area contributed by atoms with E-state index in [2.05, 4.69) is 70.5 Å². The van der Waals surface area contributed by atoms with Gasteiger partial charge in [0.15, 0.2) is 0 Å². The van der Waals surface area contributed by atoms with E-state index in [4.69, 9.17) is 9.52 Å². The van der Waals surface area contributed by atoms with Crippen molar-refractivity contribution in [1.29, 1.82) is 0 Å². The van der Waals surface area contributed by atoms with Crippen LogP contribution in [0.3, 0.4) is 0 Å². The molecule has 0 aliphatic carbocycles. The molecule has 0 amide bonds. The summed E-state index contributed by atoms with van der Waals surface area (Å²) < 4.78 is 7.58. The molecule has 4 unspecified atom stereocenters. The summed E-state index contributed by atoms with van der Waals surface area (Å²) in [6.45, 7) is 4.18. The summed E-state index contributed by atoms with van der Waals surface area (Å²) >= 11 is 0. The van der Waals surface area contributed by atoms with Gasteiger partial charge in [0.1, 0.15) is 5.76 Å². The number of furan rings is 1. The molecule has 5 nitrogen and oxygen atoms in total. The number of hydrogen-bond donors (Lipinski definition) is 1. The molecule has 0 saturated carbocycles. The molecule has 3 saturated heterocycles. The van der Waals surface area contributed by atoms with Crippen molar-refractivity contribution in [2.75, 3.05) is 19.6 Å². The third-order valence-corrected chi connectivity index (χ3v) is 7.48. The molecule has 2 bridgehead atoms. The Kier molecular flexibility index (Phi) is 5.08. The van der Waals surface area contributed by atoms with Gasteiger partial charge in [-0.3, -0.25) is 9.58 Å². The lowest BCUT2D eigenvalue weighted by Crippen LogP contribution is -2.55. The van der Waals surface area contributed by atoms with Crippen molar-refractivity contribution in [1.82, 2.24) is 20.0 Å². The summed E-state index contributed by atoms with van der Waals surface area (Å²) in [7, 11) is 2.11. The number of aryl methyl sites for hydroxylation is 1. The van der Waals surface area contributed by atoms with Crippen LogP contribution in [0.4, 0.5) is 0 Å². The van der Waals surface area contributed by atoms with Gasteiger partial charge in [-0.2, -0.15) is 5.10 Å². The molecular weight excluding hydrogens is 396 g/mol. The predicted molar refractivity (Wildman–Crippen MR) is 127 cm³/mol. The Morgan fingerprint density at radius 3 is 2.78 bits per heavy atom. The van der Waals surface area contributed by atoms with Gasteiger partial charge in [-0.05, 0) is 60.3 Å². The van der Waals surface area contributed by atoms with Gasteiger partial charge in [0.2, 0.25) is 0 Å². The zero-order chi connectivity index (χ0) is 21.5. The SMILES string of the molecule is Cn1nc(-c2ccc3ccccc3c2)cc1C1CN2CCC1CC2CNCc1ccco1. The summed E-state index contributed by atoms with van der Waals surface area (Å²) in [6, 6.07) is 22.1. The lowest BCUT2D eigenvalue weighted by atomic mass is 9.74. The molecule has 3 aliphatic rings. The Morgan fingerprint density at radius 2 is 1.97 bits per heavy atom. The van der Waals surface area contributed by atoms with Gasteiger partial charge < -0.3 is 9.73 Å². The maximum atomic E-state index is 5.45. The number of piperidine rings is 3. The molecule has 4 aromatic rings. The molecule has 0 spiro atoms. The van der Waals surface area contributed by atoms with Crippen LogP contribution in [0.25, 0.3) is 22.0 Å². The fourth-order valence-electron chi connectivity index (χ4n) is 5.78. The van der Waals surface area contributed by atoms with E-state index in [1.54, 1.807) is 6.26 Å². The second-order valence-corrected chi connectivity index (χ2v) is 9.39. The molecule has 5 heterocycles. The molecular formula is C27H30N4O. The van der Waals surface area contributed by atoms with E-state index in [0.717, 1.165) is 37.0 Å². The Hall–Kier alpha value is -2.89. The Morgan fingerprint density at radius 1 is 1.06 bits per heavy atom. The fourth-order valence-corrected chi connectivity index (χ4v) is 5.78.